The van der Waals surface area contributed by atoms with Gasteiger partial charge in [0.25, 0.3) is 11.1 Å². The molecule has 3 rings (SSSR count). The molecule has 0 atom stereocenters. The van der Waals surface area contributed by atoms with Gasteiger partial charge in [0.15, 0.2) is 0 Å². The van der Waals surface area contributed by atoms with Gasteiger partial charge in [0.2, 0.25) is 15.9 Å². The molecule has 2 N–H and O–H groups in total. The smallest absolute Gasteiger partial charge is 0.293 e. The Balaban J connectivity index is 1.45. The highest BCUT2D eigenvalue weighted by Gasteiger charge is 2.34. The first-order valence-corrected chi connectivity index (χ1v) is 12.0. The number of nitrogens with zero attached hydrogens (tertiary/aromatic N) is 1. The number of carbonyl (C=O) groups is 3. The predicted octanol–water partition coefficient (Wildman–Crippen LogP) is 2.49. The fraction of sp³-hybridized carbons (Fsp3) is 0.190. The molecule has 2 aromatic carbocycles. The van der Waals surface area contributed by atoms with Crippen LogP contribution < -0.4 is 10.0 Å². The first kappa shape index (κ1) is 24.6. The lowest BCUT2D eigenvalue weighted by Gasteiger charge is -2.13. The summed E-state index contributed by atoms with van der Waals surface area (Å²) in [4.78, 5) is 37.1. The molecule has 0 unspecified atom stereocenters. The standard InChI is InChI=1S/C21H19F2N3O5S2/c22-15-7-5-14(6-8-15)13-17-20(28)26(21(29)32-17)12-11-24-19(27)9-10-25-33(30,31)18-4-2-1-3-16(18)23/h1-8,13,25H,9-12H2,(H,24,27). The molecule has 12 heteroatoms. The fourth-order valence-corrected chi connectivity index (χ4v) is 4.81. The Morgan fingerprint density at radius 2 is 1.73 bits per heavy atom. The van der Waals surface area contributed by atoms with Crippen LogP contribution in [0.25, 0.3) is 6.08 Å². The Kier molecular flexibility index (Phi) is 7.95. The van der Waals surface area contributed by atoms with Crippen molar-refractivity contribution in [2.24, 2.45) is 0 Å². The van der Waals surface area contributed by atoms with E-state index in [9.17, 15) is 31.6 Å². The van der Waals surface area contributed by atoms with Gasteiger partial charge in [-0.2, -0.15) is 0 Å². The number of amides is 3. The minimum Gasteiger partial charge on any atom is -0.354 e. The van der Waals surface area contributed by atoms with Crippen molar-refractivity contribution in [3.05, 3.63) is 70.6 Å². The molecule has 33 heavy (non-hydrogen) atoms. The molecule has 1 heterocycles. The van der Waals surface area contributed by atoms with Crippen LogP contribution in [0.1, 0.15) is 12.0 Å². The zero-order valence-electron chi connectivity index (χ0n) is 17.1. The number of nitrogens with one attached hydrogen (secondary N) is 2. The van der Waals surface area contributed by atoms with Gasteiger partial charge in [0, 0.05) is 26.1 Å². The van der Waals surface area contributed by atoms with E-state index in [0.29, 0.717) is 5.56 Å². The van der Waals surface area contributed by atoms with Crippen LogP contribution in [0.15, 0.2) is 58.3 Å². The van der Waals surface area contributed by atoms with E-state index in [1.165, 1.54) is 42.5 Å². The van der Waals surface area contributed by atoms with E-state index < -0.39 is 43.6 Å². The topological polar surface area (TPSA) is 113 Å². The minimum absolute atomic E-state index is 0.0270. The van der Waals surface area contributed by atoms with Crippen molar-refractivity contribution in [2.75, 3.05) is 19.6 Å². The van der Waals surface area contributed by atoms with Gasteiger partial charge in [-0.05, 0) is 47.7 Å². The molecule has 1 aliphatic heterocycles. The number of hydrogen-bond donors (Lipinski definition) is 2. The number of rotatable bonds is 9. The summed E-state index contributed by atoms with van der Waals surface area (Å²) < 4.78 is 52.9. The summed E-state index contributed by atoms with van der Waals surface area (Å²) in [5, 5.41) is 1.99. The largest absolute Gasteiger partial charge is 0.354 e. The number of sulfonamides is 1. The van der Waals surface area contributed by atoms with E-state index in [0.717, 1.165) is 28.8 Å². The fourth-order valence-electron chi connectivity index (χ4n) is 2.84. The Labute approximate surface area is 193 Å². The molecule has 3 amide bonds. The summed E-state index contributed by atoms with van der Waals surface area (Å²) in [7, 11) is -4.10. The monoisotopic (exact) mass is 495 g/mol. The minimum atomic E-state index is -4.10. The Morgan fingerprint density at radius 3 is 2.42 bits per heavy atom. The maximum absolute atomic E-state index is 13.6. The summed E-state index contributed by atoms with van der Waals surface area (Å²) in [6, 6.07) is 10.3. The molecule has 1 aliphatic rings. The van der Waals surface area contributed by atoms with Crippen molar-refractivity contribution in [2.45, 2.75) is 11.3 Å². The van der Waals surface area contributed by atoms with Crippen LogP contribution in [0.2, 0.25) is 0 Å². The van der Waals surface area contributed by atoms with E-state index in [1.54, 1.807) is 0 Å². The van der Waals surface area contributed by atoms with Gasteiger partial charge in [-0.1, -0.05) is 24.3 Å². The normalized spacial score (nSPS) is 15.3. The number of halogens is 2. The lowest BCUT2D eigenvalue weighted by molar-refractivity contribution is -0.124. The maximum Gasteiger partial charge on any atom is 0.293 e. The first-order chi connectivity index (χ1) is 15.7. The highest BCUT2D eigenvalue weighted by Crippen LogP contribution is 2.31. The number of thioether (sulfide) groups is 1. The third-order valence-corrected chi connectivity index (χ3v) is 6.87. The van der Waals surface area contributed by atoms with Gasteiger partial charge in [0.1, 0.15) is 16.5 Å². The number of imide groups is 1. The third kappa shape index (κ3) is 6.46. The first-order valence-electron chi connectivity index (χ1n) is 9.69. The van der Waals surface area contributed by atoms with Crippen LogP contribution >= 0.6 is 11.8 Å². The molecule has 0 saturated carbocycles. The summed E-state index contributed by atoms with van der Waals surface area (Å²) in [6.45, 7) is -0.358. The van der Waals surface area contributed by atoms with Gasteiger partial charge in [0.05, 0.1) is 4.91 Å². The average Bonchev–Trinajstić information content (AvgIpc) is 3.02. The highest BCUT2D eigenvalue weighted by atomic mass is 32.2. The maximum atomic E-state index is 13.6. The van der Waals surface area contributed by atoms with Gasteiger partial charge < -0.3 is 5.32 Å². The SMILES string of the molecule is O=C(CCNS(=O)(=O)c1ccccc1F)NCCN1C(=O)SC(=Cc2ccc(F)cc2)C1=O. The van der Waals surface area contributed by atoms with E-state index in [4.69, 9.17) is 0 Å². The number of benzene rings is 2. The second kappa shape index (κ2) is 10.7. The van der Waals surface area contributed by atoms with Crippen molar-refractivity contribution < 1.29 is 31.6 Å². The molecule has 0 aliphatic carbocycles. The average molecular weight is 496 g/mol. The van der Waals surface area contributed by atoms with E-state index in [1.807, 2.05) is 0 Å². The lowest BCUT2D eigenvalue weighted by Crippen LogP contribution is -2.38. The van der Waals surface area contributed by atoms with Crippen LogP contribution in [0.5, 0.6) is 0 Å². The Bertz CT molecular complexity index is 1200. The molecule has 0 aromatic heterocycles. The lowest BCUT2D eigenvalue weighted by atomic mass is 10.2. The zero-order chi connectivity index (χ0) is 24.0. The summed E-state index contributed by atoms with van der Waals surface area (Å²) in [5.41, 5.74) is 0.563. The molecule has 1 saturated heterocycles. The number of hydrogen-bond acceptors (Lipinski definition) is 6. The van der Waals surface area contributed by atoms with Crippen LogP contribution in [0.3, 0.4) is 0 Å². The molecule has 0 bridgehead atoms. The van der Waals surface area contributed by atoms with Crippen LogP contribution in [0, 0.1) is 11.6 Å². The zero-order valence-corrected chi connectivity index (χ0v) is 18.7. The van der Waals surface area contributed by atoms with Crippen molar-refractivity contribution in [1.82, 2.24) is 14.9 Å². The van der Waals surface area contributed by atoms with Crippen LogP contribution in [-0.2, 0) is 19.6 Å². The van der Waals surface area contributed by atoms with E-state index >= 15 is 0 Å². The third-order valence-electron chi connectivity index (χ3n) is 4.47. The second-order valence-electron chi connectivity index (χ2n) is 6.81. The molecule has 0 spiro atoms. The predicted molar refractivity (Wildman–Crippen MR) is 118 cm³/mol. The van der Waals surface area contributed by atoms with Crippen molar-refractivity contribution >= 4 is 44.9 Å². The quantitative estimate of drug-likeness (QED) is 0.517. The molecule has 174 valence electrons. The number of carbonyl (C=O) groups excluding carboxylic acids is 3. The molecule has 8 nitrogen and oxygen atoms in total. The summed E-state index contributed by atoms with van der Waals surface area (Å²) in [5.74, 6) is -2.36. The molecule has 1 fully saturated rings. The van der Waals surface area contributed by atoms with Gasteiger partial charge in [-0.15, -0.1) is 0 Å². The van der Waals surface area contributed by atoms with Gasteiger partial charge in [-0.25, -0.2) is 21.9 Å². The van der Waals surface area contributed by atoms with Crippen molar-refractivity contribution in [1.29, 1.82) is 0 Å². The molecular formula is C21H19F2N3O5S2. The summed E-state index contributed by atoms with van der Waals surface area (Å²) >= 11 is 0.740. The van der Waals surface area contributed by atoms with Crippen LogP contribution in [-0.4, -0.2) is 50.0 Å². The van der Waals surface area contributed by atoms with Gasteiger partial charge in [-0.3, -0.25) is 19.3 Å². The molecule has 0 radical (unpaired) electrons. The van der Waals surface area contributed by atoms with Crippen molar-refractivity contribution in [3.8, 4) is 0 Å². The Morgan fingerprint density at radius 1 is 1.03 bits per heavy atom. The van der Waals surface area contributed by atoms with Gasteiger partial charge >= 0.3 is 0 Å². The summed E-state index contributed by atoms with van der Waals surface area (Å²) in [6.07, 6.45) is 1.25. The highest BCUT2D eigenvalue weighted by molar-refractivity contribution is 8.18. The Hall–Kier alpha value is -3.09. The van der Waals surface area contributed by atoms with Crippen molar-refractivity contribution in [3.63, 3.8) is 0 Å². The van der Waals surface area contributed by atoms with Crippen LogP contribution in [0.4, 0.5) is 13.6 Å². The molecule has 2 aromatic rings. The van der Waals surface area contributed by atoms with E-state index in [-0.39, 0.29) is 31.0 Å². The van der Waals surface area contributed by atoms with E-state index in [2.05, 4.69) is 10.0 Å². The molecular weight excluding hydrogens is 476 g/mol. The second-order valence-corrected chi connectivity index (χ2v) is 9.54.